The molecule has 0 amide bonds. The van der Waals surface area contributed by atoms with Crippen molar-refractivity contribution in [2.45, 2.75) is 6.04 Å². The Balaban J connectivity index is 1.85. The number of anilines is 2. The maximum Gasteiger partial charge on any atom is 0.288 e. The van der Waals surface area contributed by atoms with Gasteiger partial charge in [0.2, 0.25) is 5.95 Å². The van der Waals surface area contributed by atoms with Gasteiger partial charge in [0.25, 0.3) is 5.56 Å². The Morgan fingerprint density at radius 2 is 1.89 bits per heavy atom. The van der Waals surface area contributed by atoms with Crippen LogP contribution in [0.4, 0.5) is 11.6 Å². The lowest BCUT2D eigenvalue weighted by Crippen LogP contribution is -2.29. The molecule has 2 aromatic carbocycles. The molecule has 4 aromatic rings. The molecule has 1 aliphatic rings. The lowest BCUT2D eigenvalue weighted by molar-refractivity contribution is 0.567. The van der Waals surface area contributed by atoms with Gasteiger partial charge >= 0.3 is 0 Å². The van der Waals surface area contributed by atoms with Gasteiger partial charge in [-0.2, -0.15) is 9.78 Å². The van der Waals surface area contributed by atoms with Crippen molar-refractivity contribution in [2.24, 2.45) is 0 Å². The standard InChI is InChI=1S/C18H11Cl2N7O/c19-10-6-7-11(12(20)8-10)16-13-14(9-4-2-1-3-5-9)22-23-17(28)15(13)21-18-24-25-26-27(16)18/h1-8,16H,(H,23,28)(H,21,24,26)/t16-/m1/s1. The number of aromatic amines is 1. The number of hydrogen-bond donors (Lipinski definition) is 2. The number of benzene rings is 2. The van der Waals surface area contributed by atoms with Crippen LogP contribution in [-0.4, -0.2) is 30.4 Å². The summed E-state index contributed by atoms with van der Waals surface area (Å²) in [6, 6.07) is 14.2. The van der Waals surface area contributed by atoms with Gasteiger partial charge in [-0.15, -0.1) is 0 Å². The van der Waals surface area contributed by atoms with Crippen molar-refractivity contribution in [1.82, 2.24) is 30.4 Å². The van der Waals surface area contributed by atoms with E-state index in [4.69, 9.17) is 23.2 Å². The Kier molecular flexibility index (Phi) is 3.88. The number of nitrogens with zero attached hydrogens (tertiary/aromatic N) is 5. The maximum absolute atomic E-state index is 12.6. The summed E-state index contributed by atoms with van der Waals surface area (Å²) in [5.74, 6) is 0.333. The number of rotatable bonds is 2. The van der Waals surface area contributed by atoms with Gasteiger partial charge in [0.15, 0.2) is 0 Å². The highest BCUT2D eigenvalue weighted by Crippen LogP contribution is 2.43. The van der Waals surface area contributed by atoms with Gasteiger partial charge in [0.05, 0.1) is 5.69 Å². The van der Waals surface area contributed by atoms with Crippen molar-refractivity contribution in [3.05, 3.63) is 80.1 Å². The topological polar surface area (TPSA) is 101 Å². The van der Waals surface area contributed by atoms with Crippen LogP contribution >= 0.6 is 23.2 Å². The summed E-state index contributed by atoms with van der Waals surface area (Å²) in [4.78, 5) is 12.6. The Labute approximate surface area is 168 Å². The number of tetrazole rings is 1. The summed E-state index contributed by atoms with van der Waals surface area (Å²) in [6.07, 6.45) is 0. The molecule has 28 heavy (non-hydrogen) atoms. The second-order valence-corrected chi connectivity index (χ2v) is 7.04. The van der Waals surface area contributed by atoms with Gasteiger partial charge in [-0.05, 0) is 22.6 Å². The molecule has 10 heteroatoms. The van der Waals surface area contributed by atoms with Crippen LogP contribution in [0.25, 0.3) is 11.3 Å². The zero-order valence-electron chi connectivity index (χ0n) is 14.1. The van der Waals surface area contributed by atoms with Crippen molar-refractivity contribution in [3.63, 3.8) is 0 Å². The molecule has 0 saturated heterocycles. The average molecular weight is 412 g/mol. The van der Waals surface area contributed by atoms with Crippen LogP contribution in [0, 0.1) is 0 Å². The molecule has 0 radical (unpaired) electrons. The second kappa shape index (κ2) is 6.43. The molecule has 0 saturated carbocycles. The predicted molar refractivity (Wildman–Crippen MR) is 105 cm³/mol. The fourth-order valence-electron chi connectivity index (χ4n) is 3.36. The van der Waals surface area contributed by atoms with E-state index >= 15 is 0 Å². The van der Waals surface area contributed by atoms with Crippen molar-refractivity contribution in [3.8, 4) is 11.3 Å². The SMILES string of the molecule is O=c1[nH]nc(-c2ccccc2)c2c1Nc1nnnn1[C@@H]2c1ccc(Cl)cc1Cl. The van der Waals surface area contributed by atoms with Gasteiger partial charge in [0, 0.05) is 26.7 Å². The van der Waals surface area contributed by atoms with Crippen LogP contribution < -0.4 is 10.9 Å². The van der Waals surface area contributed by atoms with Crippen molar-refractivity contribution in [1.29, 1.82) is 0 Å². The lowest BCUT2D eigenvalue weighted by atomic mass is 9.92. The predicted octanol–water partition coefficient (Wildman–Crippen LogP) is 3.42. The van der Waals surface area contributed by atoms with E-state index in [0.29, 0.717) is 38.5 Å². The zero-order chi connectivity index (χ0) is 19.3. The number of nitrogens with one attached hydrogen (secondary N) is 2. The van der Waals surface area contributed by atoms with Crippen molar-refractivity contribution >= 4 is 34.8 Å². The fourth-order valence-corrected chi connectivity index (χ4v) is 3.88. The van der Waals surface area contributed by atoms with E-state index in [0.717, 1.165) is 5.56 Å². The van der Waals surface area contributed by atoms with E-state index in [9.17, 15) is 4.79 Å². The smallest absolute Gasteiger partial charge is 0.288 e. The molecular weight excluding hydrogens is 401 g/mol. The van der Waals surface area contributed by atoms with Gasteiger partial charge in [-0.3, -0.25) is 4.79 Å². The summed E-state index contributed by atoms with van der Waals surface area (Å²) in [5, 5.41) is 22.6. The molecule has 0 unspecified atom stereocenters. The highest BCUT2D eigenvalue weighted by atomic mass is 35.5. The number of fused-ring (bicyclic) bond motifs is 2. The summed E-state index contributed by atoms with van der Waals surface area (Å²) < 4.78 is 1.57. The number of halogens is 2. The van der Waals surface area contributed by atoms with Crippen LogP contribution in [-0.2, 0) is 0 Å². The molecule has 3 heterocycles. The van der Waals surface area contributed by atoms with Crippen LogP contribution in [0.15, 0.2) is 53.3 Å². The maximum atomic E-state index is 12.6. The average Bonchev–Trinajstić information content (AvgIpc) is 3.17. The summed E-state index contributed by atoms with van der Waals surface area (Å²) >= 11 is 12.6. The third-order valence-electron chi connectivity index (χ3n) is 4.57. The third-order valence-corrected chi connectivity index (χ3v) is 5.14. The van der Waals surface area contributed by atoms with E-state index < -0.39 is 6.04 Å². The Morgan fingerprint density at radius 3 is 2.68 bits per heavy atom. The van der Waals surface area contributed by atoms with E-state index in [1.165, 1.54) is 0 Å². The van der Waals surface area contributed by atoms with E-state index in [1.807, 2.05) is 30.3 Å². The van der Waals surface area contributed by atoms with Crippen molar-refractivity contribution < 1.29 is 0 Å². The third kappa shape index (κ3) is 2.57. The monoisotopic (exact) mass is 411 g/mol. The fraction of sp³-hybridized carbons (Fsp3) is 0.0556. The summed E-state index contributed by atoms with van der Waals surface area (Å²) in [6.45, 7) is 0. The molecule has 5 rings (SSSR count). The highest BCUT2D eigenvalue weighted by molar-refractivity contribution is 6.35. The molecule has 0 aliphatic carbocycles. The number of H-pyrrole nitrogens is 1. The Bertz CT molecular complexity index is 1250. The molecule has 2 N–H and O–H groups in total. The second-order valence-electron chi connectivity index (χ2n) is 6.20. The van der Waals surface area contributed by atoms with E-state index in [-0.39, 0.29) is 5.56 Å². The molecule has 8 nitrogen and oxygen atoms in total. The highest BCUT2D eigenvalue weighted by Gasteiger charge is 2.35. The molecule has 0 bridgehead atoms. The molecule has 2 aromatic heterocycles. The Hall–Kier alpha value is -3.23. The first-order valence-corrected chi connectivity index (χ1v) is 9.07. The summed E-state index contributed by atoms with van der Waals surface area (Å²) in [5.41, 5.74) is 2.71. The van der Waals surface area contributed by atoms with Crippen LogP contribution in [0.3, 0.4) is 0 Å². The van der Waals surface area contributed by atoms with Crippen molar-refractivity contribution in [2.75, 3.05) is 5.32 Å². The lowest BCUT2D eigenvalue weighted by Gasteiger charge is -2.28. The van der Waals surface area contributed by atoms with Gasteiger partial charge in [-0.25, -0.2) is 5.10 Å². The first-order chi connectivity index (χ1) is 13.6. The molecule has 138 valence electrons. The number of hydrogen-bond acceptors (Lipinski definition) is 6. The van der Waals surface area contributed by atoms with Gasteiger partial charge in [-0.1, -0.05) is 64.7 Å². The first kappa shape index (κ1) is 16.9. The molecule has 1 aliphatic heterocycles. The van der Waals surface area contributed by atoms with Crippen LogP contribution in [0.5, 0.6) is 0 Å². The molecule has 0 spiro atoms. The van der Waals surface area contributed by atoms with Crippen LogP contribution in [0.2, 0.25) is 10.0 Å². The molecule has 1 atom stereocenters. The summed E-state index contributed by atoms with van der Waals surface area (Å²) in [7, 11) is 0. The minimum Gasteiger partial charge on any atom is -0.318 e. The molecule has 0 fully saturated rings. The van der Waals surface area contributed by atoms with Gasteiger partial charge < -0.3 is 5.32 Å². The first-order valence-electron chi connectivity index (χ1n) is 8.31. The van der Waals surface area contributed by atoms with Gasteiger partial charge in [0.1, 0.15) is 11.7 Å². The molecular formula is C18H11Cl2N7O. The van der Waals surface area contributed by atoms with Crippen LogP contribution in [0.1, 0.15) is 17.2 Å². The quantitative estimate of drug-likeness (QED) is 0.461. The Morgan fingerprint density at radius 1 is 1.07 bits per heavy atom. The normalized spacial score (nSPS) is 14.9. The minimum atomic E-state index is -0.559. The zero-order valence-corrected chi connectivity index (χ0v) is 15.6. The van der Waals surface area contributed by atoms with E-state index in [1.54, 1.807) is 22.9 Å². The minimum absolute atomic E-state index is 0.326. The largest absolute Gasteiger partial charge is 0.318 e. The van der Waals surface area contributed by atoms with E-state index in [2.05, 4.69) is 31.0 Å². The number of aromatic nitrogens is 6.